The third-order valence-electron chi connectivity index (χ3n) is 2.79. The van der Waals surface area contributed by atoms with Gasteiger partial charge >= 0.3 is 0 Å². The van der Waals surface area contributed by atoms with Crippen LogP contribution in [0.25, 0.3) is 0 Å². The van der Waals surface area contributed by atoms with Crippen LogP contribution in [0.5, 0.6) is 5.75 Å². The lowest BCUT2D eigenvalue weighted by atomic mass is 10.1. The Morgan fingerprint density at radius 2 is 2.05 bits per heavy atom. The minimum absolute atomic E-state index is 0.0635. The van der Waals surface area contributed by atoms with Crippen LogP contribution in [-0.4, -0.2) is 0 Å². The Labute approximate surface area is 117 Å². The molecule has 2 nitrogen and oxygen atoms in total. The molecule has 0 aliphatic carbocycles. The van der Waals surface area contributed by atoms with Crippen molar-refractivity contribution in [1.29, 1.82) is 0 Å². The van der Waals surface area contributed by atoms with Gasteiger partial charge in [-0.05, 0) is 42.8 Å². The Morgan fingerprint density at radius 3 is 2.79 bits per heavy atom. The van der Waals surface area contributed by atoms with Gasteiger partial charge in [-0.1, -0.05) is 23.7 Å². The highest BCUT2D eigenvalue weighted by Gasteiger charge is 2.05. The van der Waals surface area contributed by atoms with E-state index in [-0.39, 0.29) is 18.5 Å². The van der Waals surface area contributed by atoms with Gasteiger partial charge in [-0.3, -0.25) is 0 Å². The van der Waals surface area contributed by atoms with Gasteiger partial charge in [0.2, 0.25) is 0 Å². The number of benzene rings is 2. The summed E-state index contributed by atoms with van der Waals surface area (Å²) in [4.78, 5) is 0. The van der Waals surface area contributed by atoms with Gasteiger partial charge in [-0.15, -0.1) is 0 Å². The molecule has 0 aliphatic heterocycles. The molecule has 4 heteroatoms. The van der Waals surface area contributed by atoms with Crippen molar-refractivity contribution in [1.82, 2.24) is 0 Å². The summed E-state index contributed by atoms with van der Waals surface area (Å²) in [5.74, 6) is 0.335. The van der Waals surface area contributed by atoms with Crippen molar-refractivity contribution >= 4 is 11.6 Å². The fraction of sp³-hybridized carbons (Fsp3) is 0.200. The van der Waals surface area contributed by atoms with E-state index in [2.05, 4.69) is 0 Å². The standard InChI is InChI=1S/C15H15ClFNO/c1-10(18)11-3-2-4-14(8-11)19-9-12-7-13(16)5-6-15(12)17/h2-8,10H,9,18H2,1H3. The number of nitrogens with two attached hydrogens (primary N) is 1. The monoisotopic (exact) mass is 279 g/mol. The summed E-state index contributed by atoms with van der Waals surface area (Å²) in [5, 5.41) is 0.490. The first-order chi connectivity index (χ1) is 9.06. The van der Waals surface area contributed by atoms with Crippen molar-refractivity contribution in [3.63, 3.8) is 0 Å². The lowest BCUT2D eigenvalue weighted by Crippen LogP contribution is -2.05. The Morgan fingerprint density at radius 1 is 1.26 bits per heavy atom. The second-order valence-corrected chi connectivity index (χ2v) is 4.82. The minimum atomic E-state index is -0.326. The first-order valence-electron chi connectivity index (χ1n) is 5.98. The Balaban J connectivity index is 2.10. The molecule has 1 unspecified atom stereocenters. The Hall–Kier alpha value is -1.58. The average Bonchev–Trinajstić information content (AvgIpc) is 2.40. The van der Waals surface area contributed by atoms with Gasteiger partial charge in [0.1, 0.15) is 18.2 Å². The van der Waals surface area contributed by atoms with Crippen molar-refractivity contribution in [3.8, 4) is 5.75 Å². The van der Waals surface area contributed by atoms with Crippen LogP contribution in [0.3, 0.4) is 0 Å². The summed E-state index contributed by atoms with van der Waals surface area (Å²) in [5.41, 5.74) is 7.21. The zero-order valence-electron chi connectivity index (χ0n) is 10.6. The molecule has 0 aliphatic rings. The van der Waals surface area contributed by atoms with E-state index in [1.54, 1.807) is 6.07 Å². The zero-order chi connectivity index (χ0) is 13.8. The first kappa shape index (κ1) is 13.8. The zero-order valence-corrected chi connectivity index (χ0v) is 11.3. The number of halogens is 2. The van der Waals surface area contributed by atoms with E-state index in [4.69, 9.17) is 22.1 Å². The van der Waals surface area contributed by atoms with Crippen LogP contribution < -0.4 is 10.5 Å². The first-order valence-corrected chi connectivity index (χ1v) is 6.36. The molecule has 0 saturated heterocycles. The molecule has 19 heavy (non-hydrogen) atoms. The quantitative estimate of drug-likeness (QED) is 0.915. The topological polar surface area (TPSA) is 35.2 Å². The van der Waals surface area contributed by atoms with E-state index in [0.717, 1.165) is 5.56 Å². The fourth-order valence-electron chi connectivity index (χ4n) is 1.70. The van der Waals surface area contributed by atoms with E-state index in [1.165, 1.54) is 12.1 Å². The van der Waals surface area contributed by atoms with Crippen molar-refractivity contribution in [3.05, 3.63) is 64.4 Å². The van der Waals surface area contributed by atoms with Crippen LogP contribution in [0.2, 0.25) is 5.02 Å². The van der Waals surface area contributed by atoms with Crippen LogP contribution >= 0.6 is 11.6 Å². The summed E-state index contributed by atoms with van der Waals surface area (Å²) in [7, 11) is 0. The third-order valence-corrected chi connectivity index (χ3v) is 3.02. The van der Waals surface area contributed by atoms with Crippen LogP contribution in [0.1, 0.15) is 24.1 Å². The minimum Gasteiger partial charge on any atom is -0.489 e. The summed E-state index contributed by atoms with van der Waals surface area (Å²) < 4.78 is 19.1. The predicted molar refractivity (Wildman–Crippen MR) is 74.8 cm³/mol. The van der Waals surface area contributed by atoms with Crippen molar-refractivity contribution in [2.75, 3.05) is 0 Å². The molecule has 100 valence electrons. The van der Waals surface area contributed by atoms with Gasteiger partial charge in [0.15, 0.2) is 0 Å². The molecule has 2 aromatic carbocycles. The molecule has 0 radical (unpaired) electrons. The second-order valence-electron chi connectivity index (χ2n) is 4.39. The highest BCUT2D eigenvalue weighted by atomic mass is 35.5. The van der Waals surface area contributed by atoms with E-state index < -0.39 is 0 Å². The number of hydrogen-bond donors (Lipinski definition) is 1. The number of ether oxygens (including phenoxy) is 1. The average molecular weight is 280 g/mol. The predicted octanol–water partition coefficient (Wildman–Crippen LogP) is 4.08. The Bertz CT molecular complexity index is 572. The number of hydrogen-bond acceptors (Lipinski definition) is 2. The Kier molecular flexibility index (Phi) is 4.40. The largest absolute Gasteiger partial charge is 0.489 e. The molecule has 0 bridgehead atoms. The molecular weight excluding hydrogens is 265 g/mol. The summed E-state index contributed by atoms with van der Waals surface area (Å²) in [6, 6.07) is 11.8. The van der Waals surface area contributed by atoms with Crippen molar-refractivity contribution in [2.24, 2.45) is 5.73 Å². The smallest absolute Gasteiger partial charge is 0.129 e. The SMILES string of the molecule is CC(N)c1cccc(OCc2cc(Cl)ccc2F)c1. The van der Waals surface area contributed by atoms with E-state index in [0.29, 0.717) is 16.3 Å². The third kappa shape index (κ3) is 3.69. The van der Waals surface area contributed by atoms with E-state index in [1.807, 2.05) is 31.2 Å². The van der Waals surface area contributed by atoms with Gasteiger partial charge in [0, 0.05) is 16.6 Å². The highest BCUT2D eigenvalue weighted by molar-refractivity contribution is 6.30. The lowest BCUT2D eigenvalue weighted by molar-refractivity contribution is 0.299. The van der Waals surface area contributed by atoms with Crippen LogP contribution in [0, 0.1) is 5.82 Å². The molecule has 0 heterocycles. The van der Waals surface area contributed by atoms with Crippen LogP contribution in [0.15, 0.2) is 42.5 Å². The number of rotatable bonds is 4. The molecule has 0 amide bonds. The molecule has 1 atom stereocenters. The second kappa shape index (κ2) is 6.04. The molecule has 0 spiro atoms. The molecule has 2 rings (SSSR count). The molecular formula is C15H15ClFNO. The van der Waals surface area contributed by atoms with Gasteiger partial charge in [-0.25, -0.2) is 4.39 Å². The molecule has 0 saturated carbocycles. The van der Waals surface area contributed by atoms with Gasteiger partial charge in [0.05, 0.1) is 0 Å². The van der Waals surface area contributed by atoms with E-state index >= 15 is 0 Å². The highest BCUT2D eigenvalue weighted by Crippen LogP contribution is 2.20. The summed E-state index contributed by atoms with van der Waals surface area (Å²) in [6.07, 6.45) is 0. The van der Waals surface area contributed by atoms with Crippen LogP contribution in [-0.2, 0) is 6.61 Å². The van der Waals surface area contributed by atoms with E-state index in [9.17, 15) is 4.39 Å². The normalized spacial score (nSPS) is 12.2. The van der Waals surface area contributed by atoms with Gasteiger partial charge in [-0.2, -0.15) is 0 Å². The van der Waals surface area contributed by atoms with Gasteiger partial charge < -0.3 is 10.5 Å². The lowest BCUT2D eigenvalue weighted by Gasteiger charge is -2.10. The van der Waals surface area contributed by atoms with Gasteiger partial charge in [0.25, 0.3) is 0 Å². The molecule has 0 aromatic heterocycles. The molecule has 0 fully saturated rings. The maximum Gasteiger partial charge on any atom is 0.129 e. The summed E-state index contributed by atoms with van der Waals surface area (Å²) >= 11 is 5.83. The van der Waals surface area contributed by atoms with Crippen LogP contribution in [0.4, 0.5) is 4.39 Å². The van der Waals surface area contributed by atoms with Crippen molar-refractivity contribution < 1.29 is 9.13 Å². The summed E-state index contributed by atoms with van der Waals surface area (Å²) in [6.45, 7) is 2.03. The maximum absolute atomic E-state index is 13.5. The molecule has 2 aromatic rings. The fourth-order valence-corrected chi connectivity index (χ4v) is 1.90. The maximum atomic E-state index is 13.5. The van der Waals surface area contributed by atoms with Crippen molar-refractivity contribution in [2.45, 2.75) is 19.6 Å². The molecule has 2 N–H and O–H groups in total.